The number of nitrogens with one attached hydrogen (secondary N) is 1. The zero-order valence-corrected chi connectivity index (χ0v) is 12.9. The van der Waals surface area contributed by atoms with Crippen LogP contribution in [0.25, 0.3) is 0 Å². The number of ether oxygens (including phenoxy) is 1. The Hall–Kier alpha value is -1.75. The van der Waals surface area contributed by atoms with Crippen LogP contribution in [-0.4, -0.2) is 29.6 Å². The fourth-order valence-corrected chi connectivity index (χ4v) is 1.83. The van der Waals surface area contributed by atoms with Crippen molar-refractivity contribution in [3.63, 3.8) is 0 Å². The van der Waals surface area contributed by atoms with E-state index in [1.165, 1.54) is 0 Å². The van der Waals surface area contributed by atoms with Crippen LogP contribution in [0.5, 0.6) is 5.75 Å². The monoisotopic (exact) mass is 313 g/mol. The Morgan fingerprint density at radius 2 is 2.00 bits per heavy atom. The van der Waals surface area contributed by atoms with Crippen LogP contribution >= 0.6 is 11.6 Å². The van der Waals surface area contributed by atoms with E-state index in [2.05, 4.69) is 5.32 Å². The van der Waals surface area contributed by atoms with E-state index in [0.29, 0.717) is 23.8 Å². The van der Waals surface area contributed by atoms with E-state index < -0.39 is 17.9 Å². The average Bonchev–Trinajstić information content (AvgIpc) is 2.44. The first-order chi connectivity index (χ1) is 9.91. The number of hydrogen-bond donors (Lipinski definition) is 2. The second kappa shape index (κ2) is 8.52. The molecule has 116 valence electrons. The molecule has 1 rings (SSSR count). The van der Waals surface area contributed by atoms with Crippen molar-refractivity contribution in [2.24, 2.45) is 5.92 Å². The molecule has 0 saturated carbocycles. The van der Waals surface area contributed by atoms with Gasteiger partial charge in [0.25, 0.3) is 0 Å². The number of carbonyl (C=O) groups is 2. The van der Waals surface area contributed by atoms with Gasteiger partial charge in [-0.3, -0.25) is 9.59 Å². The van der Waals surface area contributed by atoms with Crippen LogP contribution in [0, 0.1) is 5.92 Å². The molecule has 0 heterocycles. The second-order valence-corrected chi connectivity index (χ2v) is 5.27. The van der Waals surface area contributed by atoms with E-state index in [0.717, 1.165) is 0 Å². The second-order valence-electron chi connectivity index (χ2n) is 4.87. The van der Waals surface area contributed by atoms with Gasteiger partial charge in [0, 0.05) is 12.5 Å². The molecule has 6 heteroatoms. The smallest absolute Gasteiger partial charge is 0.308 e. The summed E-state index contributed by atoms with van der Waals surface area (Å²) < 4.78 is 5.47. The molecule has 21 heavy (non-hydrogen) atoms. The Bertz CT molecular complexity index is 492. The minimum Gasteiger partial charge on any atom is -0.492 e. The molecule has 2 unspecified atom stereocenters. The van der Waals surface area contributed by atoms with Gasteiger partial charge in [0.05, 0.1) is 17.5 Å². The molecule has 2 atom stereocenters. The SMILES string of the molecule is CC(NC(=O)CCCOc1ccccc1Cl)C(C)C(=O)O. The summed E-state index contributed by atoms with van der Waals surface area (Å²) in [5.74, 6) is -1.14. The number of benzene rings is 1. The third-order valence-electron chi connectivity index (χ3n) is 3.17. The molecule has 0 aliphatic carbocycles. The van der Waals surface area contributed by atoms with E-state index in [4.69, 9.17) is 21.4 Å². The van der Waals surface area contributed by atoms with Gasteiger partial charge in [0.1, 0.15) is 5.75 Å². The lowest BCUT2D eigenvalue weighted by Gasteiger charge is -2.17. The van der Waals surface area contributed by atoms with Crippen LogP contribution in [0.1, 0.15) is 26.7 Å². The van der Waals surface area contributed by atoms with Crippen molar-refractivity contribution in [2.75, 3.05) is 6.61 Å². The van der Waals surface area contributed by atoms with Crippen molar-refractivity contribution in [3.8, 4) is 5.75 Å². The molecule has 0 fully saturated rings. The Morgan fingerprint density at radius 1 is 1.33 bits per heavy atom. The van der Waals surface area contributed by atoms with Crippen LogP contribution in [0.3, 0.4) is 0 Å². The number of halogens is 1. The molecule has 0 aliphatic rings. The molecule has 0 radical (unpaired) electrons. The van der Waals surface area contributed by atoms with E-state index in [1.807, 2.05) is 12.1 Å². The lowest BCUT2D eigenvalue weighted by molar-refractivity contribution is -0.142. The maximum Gasteiger partial charge on any atom is 0.308 e. The lowest BCUT2D eigenvalue weighted by Crippen LogP contribution is -2.40. The van der Waals surface area contributed by atoms with Crippen molar-refractivity contribution in [1.82, 2.24) is 5.32 Å². The van der Waals surface area contributed by atoms with E-state index in [1.54, 1.807) is 26.0 Å². The summed E-state index contributed by atoms with van der Waals surface area (Å²) in [5, 5.41) is 12.1. The van der Waals surface area contributed by atoms with Crippen molar-refractivity contribution < 1.29 is 19.4 Å². The number of aliphatic carboxylic acids is 1. The largest absolute Gasteiger partial charge is 0.492 e. The summed E-state index contributed by atoms with van der Waals surface area (Å²) >= 11 is 5.94. The normalized spacial score (nSPS) is 13.3. The minimum absolute atomic E-state index is 0.182. The molecule has 0 saturated heterocycles. The van der Waals surface area contributed by atoms with E-state index >= 15 is 0 Å². The highest BCUT2D eigenvalue weighted by atomic mass is 35.5. The van der Waals surface area contributed by atoms with Crippen molar-refractivity contribution in [3.05, 3.63) is 29.3 Å². The number of amides is 1. The zero-order chi connectivity index (χ0) is 15.8. The average molecular weight is 314 g/mol. The Morgan fingerprint density at radius 3 is 2.62 bits per heavy atom. The molecule has 0 aliphatic heterocycles. The fourth-order valence-electron chi connectivity index (χ4n) is 1.64. The zero-order valence-electron chi connectivity index (χ0n) is 12.1. The number of para-hydroxylation sites is 1. The third kappa shape index (κ3) is 6.04. The standard InChI is InChI=1S/C15H20ClNO4/c1-10(15(19)20)11(2)17-14(18)8-5-9-21-13-7-4-3-6-12(13)16/h3-4,6-7,10-11H,5,8-9H2,1-2H3,(H,17,18)(H,19,20). The summed E-state index contributed by atoms with van der Waals surface area (Å²) in [6, 6.07) is 6.73. The van der Waals surface area contributed by atoms with Crippen molar-refractivity contribution in [2.45, 2.75) is 32.7 Å². The van der Waals surface area contributed by atoms with Gasteiger partial charge < -0.3 is 15.2 Å². The van der Waals surface area contributed by atoms with Gasteiger partial charge in [-0.15, -0.1) is 0 Å². The number of carbonyl (C=O) groups excluding carboxylic acids is 1. The Kier molecular flexibility index (Phi) is 7.02. The van der Waals surface area contributed by atoms with Gasteiger partial charge in [-0.25, -0.2) is 0 Å². The summed E-state index contributed by atoms with van der Waals surface area (Å²) in [6.45, 7) is 3.62. The molecule has 2 N–H and O–H groups in total. The molecular formula is C15H20ClNO4. The number of carboxylic acid groups (broad SMARTS) is 1. The number of rotatable bonds is 8. The first kappa shape index (κ1) is 17.3. The summed E-state index contributed by atoms with van der Waals surface area (Å²) in [5.41, 5.74) is 0. The quantitative estimate of drug-likeness (QED) is 0.724. The molecule has 0 spiro atoms. The highest BCUT2D eigenvalue weighted by Crippen LogP contribution is 2.23. The fraction of sp³-hybridized carbons (Fsp3) is 0.467. The van der Waals surface area contributed by atoms with Crippen LogP contribution in [0.2, 0.25) is 5.02 Å². The Labute approximate surface area is 129 Å². The molecule has 0 aromatic heterocycles. The van der Waals surface area contributed by atoms with Gasteiger partial charge in [-0.2, -0.15) is 0 Å². The predicted octanol–water partition coefficient (Wildman–Crippen LogP) is 2.72. The minimum atomic E-state index is -0.926. The summed E-state index contributed by atoms with van der Waals surface area (Å²) in [4.78, 5) is 22.5. The molecule has 1 aromatic carbocycles. The lowest BCUT2D eigenvalue weighted by atomic mass is 10.0. The van der Waals surface area contributed by atoms with Crippen molar-refractivity contribution in [1.29, 1.82) is 0 Å². The van der Waals surface area contributed by atoms with Crippen molar-refractivity contribution >= 4 is 23.5 Å². The predicted molar refractivity (Wildman–Crippen MR) is 80.6 cm³/mol. The van der Waals surface area contributed by atoms with Gasteiger partial charge in [-0.1, -0.05) is 23.7 Å². The maximum atomic E-state index is 11.7. The first-order valence-corrected chi connectivity index (χ1v) is 7.19. The van der Waals surface area contributed by atoms with Crippen LogP contribution in [0.15, 0.2) is 24.3 Å². The number of hydrogen-bond acceptors (Lipinski definition) is 3. The Balaban J connectivity index is 2.25. The molecule has 5 nitrogen and oxygen atoms in total. The van der Waals surface area contributed by atoms with E-state index in [-0.39, 0.29) is 12.3 Å². The summed E-state index contributed by atoms with van der Waals surface area (Å²) in [6.07, 6.45) is 0.812. The highest BCUT2D eigenvalue weighted by molar-refractivity contribution is 6.32. The molecular weight excluding hydrogens is 294 g/mol. The highest BCUT2D eigenvalue weighted by Gasteiger charge is 2.20. The first-order valence-electron chi connectivity index (χ1n) is 6.81. The van der Waals surface area contributed by atoms with Gasteiger partial charge in [0.15, 0.2) is 0 Å². The van der Waals surface area contributed by atoms with Gasteiger partial charge >= 0.3 is 5.97 Å². The van der Waals surface area contributed by atoms with Gasteiger partial charge in [0.2, 0.25) is 5.91 Å². The maximum absolute atomic E-state index is 11.7. The third-order valence-corrected chi connectivity index (χ3v) is 3.48. The van der Waals surface area contributed by atoms with Crippen LogP contribution in [0.4, 0.5) is 0 Å². The van der Waals surface area contributed by atoms with Crippen LogP contribution < -0.4 is 10.1 Å². The molecule has 1 aromatic rings. The summed E-state index contributed by atoms with van der Waals surface area (Å²) in [7, 11) is 0. The van der Waals surface area contributed by atoms with E-state index in [9.17, 15) is 9.59 Å². The molecule has 0 bridgehead atoms. The van der Waals surface area contributed by atoms with Crippen LogP contribution in [-0.2, 0) is 9.59 Å². The number of carboxylic acids is 1. The topological polar surface area (TPSA) is 75.6 Å². The molecule has 1 amide bonds. The van der Waals surface area contributed by atoms with Gasteiger partial charge in [-0.05, 0) is 32.4 Å².